The molecule has 4 nitrogen and oxygen atoms in total. The maximum Gasteiger partial charge on any atom is 0.576 e. The van der Waals surface area contributed by atoms with Gasteiger partial charge in [-0.2, -0.15) is 0 Å². The molecule has 1 saturated heterocycles. The van der Waals surface area contributed by atoms with Gasteiger partial charge in [-0.25, -0.2) is 0 Å². The third kappa shape index (κ3) is 2.93. The molecule has 0 aromatic heterocycles. The highest BCUT2D eigenvalue weighted by molar-refractivity contribution is 6.24. The van der Waals surface area contributed by atoms with E-state index in [0.717, 1.165) is 25.7 Å². The Morgan fingerprint density at radius 3 is 2.25 bits per heavy atom. The molecule has 1 fully saturated rings. The summed E-state index contributed by atoms with van der Waals surface area (Å²) < 4.78 is 15.3. The van der Waals surface area contributed by atoms with Gasteiger partial charge in [0.25, 0.3) is 0 Å². The van der Waals surface area contributed by atoms with Crippen LogP contribution in [0.5, 0.6) is 11.5 Å². The zero-order valence-electron chi connectivity index (χ0n) is 9.68. The third-order valence-corrected chi connectivity index (χ3v) is 2.43. The van der Waals surface area contributed by atoms with Crippen LogP contribution in [0.2, 0.25) is 0 Å². The average molecular weight is 219 g/mol. The molecule has 1 aromatic carbocycles. The van der Waals surface area contributed by atoms with Crippen LogP contribution in [0.3, 0.4) is 0 Å². The molecule has 1 unspecified atom stereocenters. The number of hydrogen-bond acceptors (Lipinski definition) is 4. The van der Waals surface area contributed by atoms with Gasteiger partial charge in [0.2, 0.25) is 0 Å². The van der Waals surface area contributed by atoms with Crippen LogP contribution in [0, 0.1) is 0 Å². The van der Waals surface area contributed by atoms with E-state index in [1.54, 1.807) is 0 Å². The Morgan fingerprint density at radius 1 is 1.25 bits per heavy atom. The first-order chi connectivity index (χ1) is 7.75. The van der Waals surface area contributed by atoms with Gasteiger partial charge in [0.15, 0.2) is 0 Å². The van der Waals surface area contributed by atoms with E-state index in [1.807, 2.05) is 24.3 Å². The minimum absolute atomic E-state index is 0.360. The summed E-state index contributed by atoms with van der Waals surface area (Å²) in [5.41, 5.74) is 0. The molecule has 1 atom stereocenters. The van der Waals surface area contributed by atoms with Crippen LogP contribution in [0.25, 0.3) is 0 Å². The van der Waals surface area contributed by atoms with Crippen molar-refractivity contribution in [3.63, 3.8) is 0 Å². The van der Waals surface area contributed by atoms with Gasteiger partial charge in [-0.1, -0.05) is 12.1 Å². The molecular weight excluding hydrogens is 204 g/mol. The molecule has 6 heteroatoms. The van der Waals surface area contributed by atoms with E-state index in [1.165, 1.54) is 0 Å². The van der Waals surface area contributed by atoms with Crippen LogP contribution in [0.4, 0.5) is 0 Å². The van der Waals surface area contributed by atoms with Gasteiger partial charge in [0.05, 0.1) is 6.10 Å². The summed E-state index contributed by atoms with van der Waals surface area (Å²) in [6.07, 6.45) is 0.449. The molecule has 0 N–H and O–H groups in total. The molecule has 0 amide bonds. The minimum Gasteiger partial charge on any atom is -0.526 e. The fourth-order valence-electron chi connectivity index (χ4n) is 1.64. The lowest BCUT2D eigenvalue weighted by molar-refractivity contribution is 0.272. The van der Waals surface area contributed by atoms with Gasteiger partial charge >= 0.3 is 15.3 Å². The smallest absolute Gasteiger partial charge is 0.526 e. The molecule has 0 aliphatic carbocycles. The van der Waals surface area contributed by atoms with Crippen molar-refractivity contribution in [1.29, 1.82) is 0 Å². The van der Waals surface area contributed by atoms with Crippen LogP contribution in [0.15, 0.2) is 24.3 Å². The highest BCUT2D eigenvalue weighted by Crippen LogP contribution is 2.29. The van der Waals surface area contributed by atoms with Gasteiger partial charge in [-0.3, -0.25) is 0 Å². The standard InChI is InChI=1S/C6H5BO2.C4H10BNO/c1-2-4-6-5(3-1)8-7-9-6;1-4-3-6(2)5-7-4/h1-4,7H;4-5H,3H2,1-2H3. The summed E-state index contributed by atoms with van der Waals surface area (Å²) in [4.78, 5) is 2.16. The van der Waals surface area contributed by atoms with Crippen molar-refractivity contribution in [1.82, 2.24) is 4.81 Å². The number of para-hydroxylation sites is 2. The van der Waals surface area contributed by atoms with Gasteiger partial charge in [0.1, 0.15) is 11.5 Å². The zero-order chi connectivity index (χ0) is 11.4. The molecule has 84 valence electrons. The van der Waals surface area contributed by atoms with Gasteiger partial charge in [-0.05, 0) is 26.1 Å². The fourth-order valence-corrected chi connectivity index (χ4v) is 1.64. The Bertz CT molecular complexity index is 320. The fraction of sp³-hybridized carbons (Fsp3) is 0.400. The van der Waals surface area contributed by atoms with E-state index >= 15 is 0 Å². The highest BCUT2D eigenvalue weighted by atomic mass is 16.6. The first-order valence-corrected chi connectivity index (χ1v) is 5.40. The van der Waals surface area contributed by atoms with E-state index in [2.05, 4.69) is 18.8 Å². The Labute approximate surface area is 97.1 Å². The zero-order valence-corrected chi connectivity index (χ0v) is 9.68. The number of fused-ring (bicyclic) bond motifs is 1. The molecule has 0 spiro atoms. The first-order valence-electron chi connectivity index (χ1n) is 5.40. The summed E-state index contributed by atoms with van der Waals surface area (Å²) in [5, 5.41) is 0. The predicted molar refractivity (Wildman–Crippen MR) is 65.2 cm³/mol. The van der Waals surface area contributed by atoms with E-state index in [9.17, 15) is 0 Å². The summed E-state index contributed by atoms with van der Waals surface area (Å²) in [7, 11) is 3.23. The largest absolute Gasteiger partial charge is 0.576 e. The van der Waals surface area contributed by atoms with Crippen molar-refractivity contribution in [2.45, 2.75) is 13.0 Å². The molecule has 3 rings (SSSR count). The van der Waals surface area contributed by atoms with Gasteiger partial charge in [0, 0.05) is 6.54 Å². The van der Waals surface area contributed by atoms with E-state index in [-0.39, 0.29) is 0 Å². The molecule has 1 aromatic rings. The Balaban J connectivity index is 0.000000125. The number of benzene rings is 1. The van der Waals surface area contributed by atoms with Crippen molar-refractivity contribution in [2.75, 3.05) is 13.6 Å². The highest BCUT2D eigenvalue weighted by Gasteiger charge is 2.15. The van der Waals surface area contributed by atoms with Crippen molar-refractivity contribution < 1.29 is 14.0 Å². The van der Waals surface area contributed by atoms with Crippen molar-refractivity contribution in [2.24, 2.45) is 0 Å². The van der Waals surface area contributed by atoms with Gasteiger partial charge < -0.3 is 18.8 Å². The van der Waals surface area contributed by atoms with Crippen molar-refractivity contribution in [3.05, 3.63) is 24.3 Å². The normalized spacial score (nSPS) is 21.8. The van der Waals surface area contributed by atoms with Crippen LogP contribution in [0.1, 0.15) is 6.92 Å². The second kappa shape index (κ2) is 5.27. The molecule has 2 aliphatic heterocycles. The molecule has 0 bridgehead atoms. The lowest BCUT2D eigenvalue weighted by Gasteiger charge is -2.00. The molecular formula is C10H15B2NO3. The van der Waals surface area contributed by atoms with Crippen molar-refractivity contribution in [3.8, 4) is 11.5 Å². The second-order valence-corrected chi connectivity index (χ2v) is 4.00. The molecule has 2 aliphatic rings. The van der Waals surface area contributed by atoms with Crippen molar-refractivity contribution >= 4 is 15.3 Å². The summed E-state index contributed by atoms with van der Waals surface area (Å²) in [6, 6.07) is 7.63. The molecule has 0 saturated carbocycles. The lowest BCUT2D eigenvalue weighted by atomic mass is 10.3. The van der Waals surface area contributed by atoms with E-state index in [4.69, 9.17) is 14.0 Å². The SMILES string of the molecule is B1Oc2ccccc2O1.CC1CN(C)BO1. The quantitative estimate of drug-likeness (QED) is 0.588. The van der Waals surface area contributed by atoms with E-state index < -0.39 is 0 Å². The van der Waals surface area contributed by atoms with Crippen LogP contribution >= 0.6 is 0 Å². The third-order valence-electron chi connectivity index (χ3n) is 2.43. The molecule has 0 radical (unpaired) electrons. The summed E-state index contributed by atoms with van der Waals surface area (Å²) >= 11 is 0. The number of nitrogens with zero attached hydrogens (tertiary/aromatic N) is 1. The molecule has 16 heavy (non-hydrogen) atoms. The van der Waals surface area contributed by atoms with Gasteiger partial charge in [-0.15, -0.1) is 0 Å². The lowest BCUT2D eigenvalue weighted by Crippen LogP contribution is -2.16. The van der Waals surface area contributed by atoms with E-state index in [0.29, 0.717) is 13.8 Å². The Morgan fingerprint density at radius 2 is 1.88 bits per heavy atom. The summed E-state index contributed by atoms with van der Waals surface area (Å²) in [5.74, 6) is 1.69. The predicted octanol–water partition coefficient (Wildman–Crippen LogP) is 0.328. The monoisotopic (exact) mass is 219 g/mol. The molecule has 2 heterocycles. The average Bonchev–Trinajstić information content (AvgIpc) is 2.88. The van der Waals surface area contributed by atoms with Crippen LogP contribution in [-0.4, -0.2) is 39.8 Å². The number of hydrogen-bond donors (Lipinski definition) is 0. The Kier molecular flexibility index (Phi) is 3.74. The minimum atomic E-state index is 0.360. The van der Waals surface area contributed by atoms with Crippen LogP contribution in [-0.2, 0) is 4.65 Å². The maximum absolute atomic E-state index is 5.19. The topological polar surface area (TPSA) is 30.9 Å². The summed E-state index contributed by atoms with van der Waals surface area (Å²) in [6.45, 7) is 3.17. The van der Waals surface area contributed by atoms with Crippen LogP contribution < -0.4 is 9.31 Å². The maximum atomic E-state index is 5.19. The number of likely N-dealkylation sites (N-methyl/N-ethyl adjacent to an activating group) is 1. The first kappa shape index (κ1) is 11.4. The second-order valence-electron chi connectivity index (χ2n) is 4.00. The number of rotatable bonds is 0. The Hall–Kier alpha value is -1.13.